The van der Waals surface area contributed by atoms with Crippen molar-refractivity contribution in [1.29, 1.82) is 0 Å². The van der Waals surface area contributed by atoms with Gasteiger partial charge in [-0.05, 0) is 50.8 Å². The van der Waals surface area contributed by atoms with Crippen molar-refractivity contribution in [3.8, 4) is 0 Å². The molecule has 4 rings (SSSR count). The Bertz CT molecular complexity index is 1030. The van der Waals surface area contributed by atoms with Crippen molar-refractivity contribution in [3.63, 3.8) is 0 Å². The van der Waals surface area contributed by atoms with Gasteiger partial charge >= 0.3 is 0 Å². The first-order chi connectivity index (χ1) is 13.5. The quantitative estimate of drug-likeness (QED) is 0.510. The zero-order chi connectivity index (χ0) is 19.7. The van der Waals surface area contributed by atoms with Gasteiger partial charge in [-0.25, -0.2) is 9.97 Å². The fourth-order valence-corrected chi connectivity index (χ4v) is 4.37. The topological polar surface area (TPSA) is 46.0 Å². The van der Waals surface area contributed by atoms with Gasteiger partial charge in [-0.3, -0.25) is 0 Å². The van der Waals surface area contributed by atoms with Crippen LogP contribution in [-0.4, -0.2) is 39.6 Å². The Hall–Kier alpha value is -2.70. The summed E-state index contributed by atoms with van der Waals surface area (Å²) in [6.45, 7) is 2.25. The molecule has 0 aliphatic carbocycles. The van der Waals surface area contributed by atoms with Crippen molar-refractivity contribution in [2.75, 3.05) is 19.4 Å². The van der Waals surface area contributed by atoms with Crippen LogP contribution in [0, 0.1) is 0 Å². The van der Waals surface area contributed by atoms with Crippen LogP contribution in [0.4, 0.5) is 10.8 Å². The highest BCUT2D eigenvalue weighted by atomic mass is 32.1. The second-order valence-corrected chi connectivity index (χ2v) is 8.38. The molecule has 0 fully saturated rings. The maximum atomic E-state index is 4.66. The Morgan fingerprint density at radius 1 is 1.07 bits per heavy atom. The molecule has 5 nitrogen and oxygen atoms in total. The number of benzene rings is 2. The lowest BCUT2D eigenvalue weighted by atomic mass is 9.88. The molecule has 2 aromatic heterocycles. The Balaban J connectivity index is 1.60. The molecule has 4 aromatic rings. The molecule has 2 atom stereocenters. The molecule has 2 aromatic carbocycles. The van der Waals surface area contributed by atoms with Gasteiger partial charge in [-0.2, -0.15) is 0 Å². The molecule has 0 radical (unpaired) electrons. The predicted molar refractivity (Wildman–Crippen MR) is 118 cm³/mol. The first-order valence-corrected chi connectivity index (χ1v) is 10.2. The number of thiazole rings is 1. The number of anilines is 2. The van der Waals surface area contributed by atoms with Gasteiger partial charge in [0.15, 0.2) is 5.13 Å². The molecule has 0 amide bonds. The van der Waals surface area contributed by atoms with Crippen LogP contribution in [0.1, 0.15) is 24.1 Å². The van der Waals surface area contributed by atoms with E-state index in [-0.39, 0.29) is 5.92 Å². The number of aromatic nitrogens is 3. The van der Waals surface area contributed by atoms with E-state index < -0.39 is 0 Å². The van der Waals surface area contributed by atoms with Crippen LogP contribution >= 0.6 is 11.3 Å². The molecule has 28 heavy (non-hydrogen) atoms. The SMILES string of the molecule is CC(C(c1ccc(Nc2nc3ccccc3s2)cc1)c1cncn1C)N(C)C. The lowest BCUT2D eigenvalue weighted by Crippen LogP contribution is -2.32. The van der Waals surface area contributed by atoms with E-state index >= 15 is 0 Å². The molecule has 0 saturated carbocycles. The Labute approximate surface area is 169 Å². The van der Waals surface area contributed by atoms with Gasteiger partial charge in [0.05, 0.1) is 16.5 Å². The molecule has 2 heterocycles. The predicted octanol–water partition coefficient (Wildman–Crippen LogP) is 4.86. The lowest BCUT2D eigenvalue weighted by Gasteiger charge is -2.30. The van der Waals surface area contributed by atoms with Crippen molar-refractivity contribution >= 4 is 32.4 Å². The minimum atomic E-state index is 0.249. The van der Waals surface area contributed by atoms with E-state index in [1.54, 1.807) is 11.3 Å². The summed E-state index contributed by atoms with van der Waals surface area (Å²) >= 11 is 1.67. The van der Waals surface area contributed by atoms with Crippen molar-refractivity contribution in [3.05, 3.63) is 72.3 Å². The molecule has 1 N–H and O–H groups in total. The Kier molecular flexibility index (Phi) is 5.15. The molecule has 144 valence electrons. The van der Waals surface area contributed by atoms with Crippen molar-refractivity contribution < 1.29 is 0 Å². The summed E-state index contributed by atoms with van der Waals surface area (Å²) in [6, 6.07) is 17.2. The summed E-state index contributed by atoms with van der Waals surface area (Å²) in [6.07, 6.45) is 3.84. The monoisotopic (exact) mass is 391 g/mol. The van der Waals surface area contributed by atoms with E-state index in [9.17, 15) is 0 Å². The van der Waals surface area contributed by atoms with E-state index in [1.165, 1.54) is 16.0 Å². The summed E-state index contributed by atoms with van der Waals surface area (Å²) in [4.78, 5) is 11.2. The Morgan fingerprint density at radius 2 is 1.82 bits per heavy atom. The first kappa shape index (κ1) is 18.7. The average Bonchev–Trinajstić information content (AvgIpc) is 3.29. The van der Waals surface area contributed by atoms with E-state index in [0.717, 1.165) is 16.3 Å². The van der Waals surface area contributed by atoms with Gasteiger partial charge < -0.3 is 14.8 Å². The minimum absolute atomic E-state index is 0.249. The highest BCUT2D eigenvalue weighted by Gasteiger charge is 2.25. The second-order valence-electron chi connectivity index (χ2n) is 7.35. The van der Waals surface area contributed by atoms with E-state index in [2.05, 4.69) is 83.2 Å². The molecule has 0 bridgehead atoms. The number of rotatable bonds is 6. The largest absolute Gasteiger partial charge is 0.337 e. The smallest absolute Gasteiger partial charge is 0.188 e. The molecule has 2 unspecified atom stereocenters. The molecular weight excluding hydrogens is 366 g/mol. The van der Waals surface area contributed by atoms with Crippen LogP contribution in [0.2, 0.25) is 0 Å². The molecule has 0 aliphatic rings. The summed E-state index contributed by atoms with van der Waals surface area (Å²) in [5.74, 6) is 0.249. The van der Waals surface area contributed by atoms with Gasteiger partial charge in [-0.15, -0.1) is 0 Å². The molecule has 0 spiro atoms. The number of para-hydroxylation sites is 1. The lowest BCUT2D eigenvalue weighted by molar-refractivity contribution is 0.285. The van der Waals surface area contributed by atoms with Crippen LogP contribution in [0.3, 0.4) is 0 Å². The maximum absolute atomic E-state index is 4.66. The van der Waals surface area contributed by atoms with Crippen molar-refractivity contribution in [1.82, 2.24) is 19.4 Å². The molecule has 0 saturated heterocycles. The number of likely N-dealkylation sites (N-methyl/N-ethyl adjacent to an activating group) is 1. The van der Waals surface area contributed by atoms with Crippen LogP contribution in [-0.2, 0) is 7.05 Å². The minimum Gasteiger partial charge on any atom is -0.337 e. The van der Waals surface area contributed by atoms with E-state index in [1.807, 2.05) is 30.7 Å². The number of aryl methyl sites for hydroxylation is 1. The number of hydrogen-bond acceptors (Lipinski definition) is 5. The molecule has 6 heteroatoms. The summed E-state index contributed by atoms with van der Waals surface area (Å²) < 4.78 is 3.30. The van der Waals surface area contributed by atoms with E-state index in [0.29, 0.717) is 6.04 Å². The van der Waals surface area contributed by atoms with E-state index in [4.69, 9.17) is 0 Å². The van der Waals surface area contributed by atoms with Gasteiger partial charge in [0, 0.05) is 36.6 Å². The highest BCUT2D eigenvalue weighted by Crippen LogP contribution is 2.32. The summed E-state index contributed by atoms with van der Waals surface area (Å²) in [5, 5.41) is 4.35. The summed E-state index contributed by atoms with van der Waals surface area (Å²) in [7, 11) is 6.30. The fraction of sp³-hybridized carbons (Fsp3) is 0.273. The number of nitrogens with zero attached hydrogens (tertiary/aromatic N) is 4. The molecular formula is C22H25N5S. The second kappa shape index (κ2) is 7.73. The Morgan fingerprint density at radius 3 is 2.46 bits per heavy atom. The fourth-order valence-electron chi connectivity index (χ4n) is 3.48. The summed E-state index contributed by atoms with van der Waals surface area (Å²) in [5.41, 5.74) is 4.57. The first-order valence-electron chi connectivity index (χ1n) is 9.38. The third-order valence-electron chi connectivity index (χ3n) is 5.28. The van der Waals surface area contributed by atoms with Crippen molar-refractivity contribution in [2.24, 2.45) is 7.05 Å². The van der Waals surface area contributed by atoms with Crippen LogP contribution in [0.15, 0.2) is 61.1 Å². The highest BCUT2D eigenvalue weighted by molar-refractivity contribution is 7.22. The van der Waals surface area contributed by atoms with Crippen LogP contribution in [0.5, 0.6) is 0 Å². The third-order valence-corrected chi connectivity index (χ3v) is 6.24. The molecule has 0 aliphatic heterocycles. The third kappa shape index (κ3) is 3.66. The van der Waals surface area contributed by atoms with Gasteiger partial charge in [0.25, 0.3) is 0 Å². The number of nitrogens with one attached hydrogen (secondary N) is 1. The number of hydrogen-bond donors (Lipinski definition) is 1. The van der Waals surface area contributed by atoms with Crippen LogP contribution in [0.25, 0.3) is 10.2 Å². The average molecular weight is 392 g/mol. The zero-order valence-electron chi connectivity index (χ0n) is 16.6. The number of fused-ring (bicyclic) bond motifs is 1. The normalized spacial score (nSPS) is 13.8. The van der Waals surface area contributed by atoms with Gasteiger partial charge in [0.2, 0.25) is 0 Å². The van der Waals surface area contributed by atoms with Gasteiger partial charge in [-0.1, -0.05) is 35.6 Å². The van der Waals surface area contributed by atoms with Crippen molar-refractivity contribution in [2.45, 2.75) is 18.9 Å². The standard InChI is InChI=1S/C22H25N5S/c1-15(26(2)3)21(19-13-23-14-27(19)4)16-9-11-17(12-10-16)24-22-25-18-7-5-6-8-20(18)28-22/h5-15,21H,1-4H3,(H,24,25). The number of imidazole rings is 1. The van der Waals surface area contributed by atoms with Crippen LogP contribution < -0.4 is 5.32 Å². The maximum Gasteiger partial charge on any atom is 0.188 e. The zero-order valence-corrected chi connectivity index (χ0v) is 17.4. The van der Waals surface area contributed by atoms with Gasteiger partial charge in [0.1, 0.15) is 0 Å².